The van der Waals surface area contributed by atoms with Crippen molar-refractivity contribution in [3.8, 4) is 0 Å². The van der Waals surface area contributed by atoms with E-state index < -0.39 is 6.10 Å². The highest BCUT2D eigenvalue weighted by molar-refractivity contribution is 5.69. The third-order valence-corrected chi connectivity index (χ3v) is 8.19. The van der Waals surface area contributed by atoms with Crippen LogP contribution in [0.4, 0.5) is 0 Å². The molecule has 0 heterocycles. The normalized spacial score (nSPS) is 12.0. The predicted molar refractivity (Wildman–Crippen MR) is 178 cm³/mol. The summed E-state index contributed by atoms with van der Waals surface area (Å²) in [5, 5.41) is 0. The molecule has 0 radical (unpaired) electrons. The molecule has 5 nitrogen and oxygen atoms in total. The fourth-order valence-corrected chi connectivity index (χ4v) is 5.51. The van der Waals surface area contributed by atoms with Crippen LogP contribution in [0.5, 0.6) is 0 Å². The maximum absolute atomic E-state index is 12.2. The van der Waals surface area contributed by atoms with Crippen LogP contribution in [0.3, 0.4) is 0 Å². The molecule has 0 aliphatic carbocycles. The van der Waals surface area contributed by atoms with Crippen LogP contribution in [0, 0.1) is 0 Å². The quantitative estimate of drug-likeness (QED) is 0.0546. The molecule has 0 saturated heterocycles. The molecular formula is C37H72O5. The highest BCUT2D eigenvalue weighted by atomic mass is 16.6. The van der Waals surface area contributed by atoms with E-state index in [-0.39, 0.29) is 25.2 Å². The summed E-state index contributed by atoms with van der Waals surface area (Å²) < 4.78 is 16.5. The summed E-state index contributed by atoms with van der Waals surface area (Å²) in [6.45, 7) is 6.94. The number of hydrogen-bond donors (Lipinski definition) is 0. The first kappa shape index (κ1) is 40.9. The van der Waals surface area contributed by atoms with E-state index in [4.69, 9.17) is 14.2 Å². The van der Waals surface area contributed by atoms with E-state index in [2.05, 4.69) is 13.8 Å². The van der Waals surface area contributed by atoms with Crippen molar-refractivity contribution in [2.45, 2.75) is 207 Å². The fourth-order valence-electron chi connectivity index (χ4n) is 5.51. The fraction of sp³-hybridized carbons (Fsp3) is 0.946. The zero-order valence-electron chi connectivity index (χ0n) is 28.5. The second kappa shape index (κ2) is 34.4. The van der Waals surface area contributed by atoms with Gasteiger partial charge in [0, 0.05) is 20.0 Å². The number of rotatable bonds is 34. The molecule has 250 valence electrons. The molecule has 0 N–H and O–H groups in total. The second-order valence-corrected chi connectivity index (χ2v) is 12.6. The minimum Gasteiger partial charge on any atom is -0.462 e. The van der Waals surface area contributed by atoms with Gasteiger partial charge in [-0.15, -0.1) is 0 Å². The minimum atomic E-state index is -0.523. The van der Waals surface area contributed by atoms with Crippen LogP contribution in [0.15, 0.2) is 0 Å². The summed E-state index contributed by atoms with van der Waals surface area (Å²) in [7, 11) is 0. The zero-order valence-corrected chi connectivity index (χ0v) is 28.5. The van der Waals surface area contributed by atoms with Crippen molar-refractivity contribution in [3.63, 3.8) is 0 Å². The number of carbonyl (C=O) groups is 2. The van der Waals surface area contributed by atoms with Gasteiger partial charge in [0.25, 0.3) is 0 Å². The molecular weight excluding hydrogens is 524 g/mol. The Morgan fingerprint density at radius 1 is 0.476 bits per heavy atom. The minimum absolute atomic E-state index is 0.0790. The van der Waals surface area contributed by atoms with E-state index in [9.17, 15) is 9.59 Å². The van der Waals surface area contributed by atoms with Crippen molar-refractivity contribution in [1.82, 2.24) is 0 Å². The van der Waals surface area contributed by atoms with E-state index >= 15 is 0 Å². The van der Waals surface area contributed by atoms with Gasteiger partial charge in [0.1, 0.15) is 6.61 Å². The lowest BCUT2D eigenvalue weighted by molar-refractivity contribution is -0.161. The molecule has 0 aromatic rings. The van der Waals surface area contributed by atoms with Gasteiger partial charge < -0.3 is 14.2 Å². The second-order valence-electron chi connectivity index (χ2n) is 12.6. The number of hydrogen-bond acceptors (Lipinski definition) is 5. The molecule has 0 saturated carbocycles. The average Bonchev–Trinajstić information content (AvgIpc) is 2.97. The molecule has 0 aliphatic rings. The van der Waals surface area contributed by atoms with Crippen LogP contribution in [-0.2, 0) is 23.8 Å². The van der Waals surface area contributed by atoms with Gasteiger partial charge in [-0.2, -0.15) is 0 Å². The smallest absolute Gasteiger partial charge is 0.305 e. The van der Waals surface area contributed by atoms with Crippen molar-refractivity contribution in [2.24, 2.45) is 0 Å². The highest BCUT2D eigenvalue weighted by Gasteiger charge is 2.15. The summed E-state index contributed by atoms with van der Waals surface area (Å²) in [4.78, 5) is 23.6. The standard InChI is InChI=1S/C37H72O5/c1-4-6-8-10-12-14-16-18-20-22-24-26-28-30-32-40-33-36(42-35(3)38)34-41-37(39)31-29-27-25-23-21-19-17-15-13-11-9-7-5-2/h36H,4-34H2,1-3H3/t36-/m1/s1. The van der Waals surface area contributed by atoms with E-state index in [1.165, 1.54) is 161 Å². The Morgan fingerprint density at radius 2 is 0.833 bits per heavy atom. The molecule has 0 aliphatic heterocycles. The highest BCUT2D eigenvalue weighted by Crippen LogP contribution is 2.14. The Balaban J connectivity index is 3.60. The van der Waals surface area contributed by atoms with Crippen molar-refractivity contribution in [2.75, 3.05) is 19.8 Å². The third-order valence-electron chi connectivity index (χ3n) is 8.19. The van der Waals surface area contributed by atoms with Crippen LogP contribution < -0.4 is 0 Å². The Kier molecular flexibility index (Phi) is 33.5. The van der Waals surface area contributed by atoms with Gasteiger partial charge in [0.05, 0.1) is 6.61 Å². The molecule has 0 amide bonds. The lowest BCUT2D eigenvalue weighted by Crippen LogP contribution is -2.29. The number of unbranched alkanes of at least 4 members (excludes halogenated alkanes) is 25. The SMILES string of the molecule is CCCCCCCCCCCCCCCCOC[C@H](COC(=O)CCCCCCCCCCCCCCC)OC(C)=O. The molecule has 0 spiro atoms. The van der Waals surface area contributed by atoms with Crippen LogP contribution >= 0.6 is 0 Å². The van der Waals surface area contributed by atoms with Gasteiger partial charge >= 0.3 is 11.9 Å². The third kappa shape index (κ3) is 33.4. The van der Waals surface area contributed by atoms with Gasteiger partial charge in [-0.25, -0.2) is 0 Å². The number of esters is 2. The molecule has 0 unspecified atom stereocenters. The van der Waals surface area contributed by atoms with Crippen LogP contribution in [-0.4, -0.2) is 37.9 Å². The first-order valence-electron chi connectivity index (χ1n) is 18.5. The van der Waals surface area contributed by atoms with Gasteiger partial charge in [0.2, 0.25) is 0 Å². The van der Waals surface area contributed by atoms with E-state index in [0.717, 1.165) is 19.3 Å². The first-order chi connectivity index (χ1) is 20.6. The lowest BCUT2D eigenvalue weighted by atomic mass is 10.0. The largest absolute Gasteiger partial charge is 0.462 e. The predicted octanol–water partition coefficient (Wildman–Crippen LogP) is 11.4. The topological polar surface area (TPSA) is 61.8 Å². The van der Waals surface area contributed by atoms with E-state index in [1.807, 2.05) is 0 Å². The molecule has 1 atom stereocenters. The maximum Gasteiger partial charge on any atom is 0.305 e. The number of carbonyl (C=O) groups excluding carboxylic acids is 2. The van der Waals surface area contributed by atoms with Crippen molar-refractivity contribution in [1.29, 1.82) is 0 Å². The molecule has 0 rings (SSSR count). The molecule has 0 fully saturated rings. The maximum atomic E-state index is 12.2. The molecule has 5 heteroatoms. The van der Waals surface area contributed by atoms with Crippen molar-refractivity contribution in [3.05, 3.63) is 0 Å². The van der Waals surface area contributed by atoms with Gasteiger partial charge in [-0.3, -0.25) is 9.59 Å². The Bertz CT molecular complexity index is 564. The summed E-state index contributed by atoms with van der Waals surface area (Å²) in [6.07, 6.45) is 35.2. The summed E-state index contributed by atoms with van der Waals surface area (Å²) >= 11 is 0. The zero-order chi connectivity index (χ0) is 30.8. The molecule has 0 aromatic carbocycles. The Morgan fingerprint density at radius 3 is 1.21 bits per heavy atom. The van der Waals surface area contributed by atoms with E-state index in [0.29, 0.717) is 13.0 Å². The first-order valence-corrected chi connectivity index (χ1v) is 18.5. The summed E-state index contributed by atoms with van der Waals surface area (Å²) in [5.41, 5.74) is 0. The average molecular weight is 597 g/mol. The Labute approximate surface area is 262 Å². The Hall–Kier alpha value is -1.10. The molecule has 0 bridgehead atoms. The monoisotopic (exact) mass is 597 g/mol. The van der Waals surface area contributed by atoms with Gasteiger partial charge in [0.15, 0.2) is 6.10 Å². The van der Waals surface area contributed by atoms with Gasteiger partial charge in [-0.05, 0) is 12.8 Å². The van der Waals surface area contributed by atoms with Crippen molar-refractivity contribution >= 4 is 11.9 Å². The van der Waals surface area contributed by atoms with Crippen molar-refractivity contribution < 1.29 is 23.8 Å². The summed E-state index contributed by atoms with van der Waals surface area (Å²) in [6, 6.07) is 0. The van der Waals surface area contributed by atoms with E-state index in [1.54, 1.807) is 0 Å². The van der Waals surface area contributed by atoms with Crippen LogP contribution in [0.2, 0.25) is 0 Å². The van der Waals surface area contributed by atoms with Crippen LogP contribution in [0.25, 0.3) is 0 Å². The lowest BCUT2D eigenvalue weighted by Gasteiger charge is -2.17. The van der Waals surface area contributed by atoms with Gasteiger partial charge in [-0.1, -0.05) is 174 Å². The number of ether oxygens (including phenoxy) is 3. The molecule has 0 aromatic heterocycles. The summed E-state index contributed by atoms with van der Waals surface area (Å²) in [5.74, 6) is -0.574. The van der Waals surface area contributed by atoms with Crippen LogP contribution in [0.1, 0.15) is 201 Å². The molecule has 42 heavy (non-hydrogen) atoms.